The maximum absolute atomic E-state index is 12.8. The lowest BCUT2D eigenvalue weighted by molar-refractivity contribution is -0.116. The van der Waals surface area contributed by atoms with Crippen molar-refractivity contribution in [3.8, 4) is 0 Å². The van der Waals surface area contributed by atoms with Gasteiger partial charge < -0.3 is 14.7 Å². The zero-order chi connectivity index (χ0) is 16.9. The molecule has 0 atom stereocenters. The summed E-state index contributed by atoms with van der Waals surface area (Å²) in [6.45, 7) is 1.84. The van der Waals surface area contributed by atoms with Gasteiger partial charge in [-0.05, 0) is 43.3 Å². The molecule has 0 spiro atoms. The van der Waals surface area contributed by atoms with Crippen LogP contribution in [0.25, 0.3) is 5.57 Å². The maximum atomic E-state index is 12.8. The zero-order valence-corrected chi connectivity index (χ0v) is 13.5. The molecule has 1 aliphatic heterocycles. The number of amides is 1. The van der Waals surface area contributed by atoms with Gasteiger partial charge in [0.15, 0.2) is 5.82 Å². The van der Waals surface area contributed by atoms with Crippen LogP contribution in [0.2, 0.25) is 0 Å². The number of carbonyl (C=O) groups excluding carboxylic acids is 1. The van der Waals surface area contributed by atoms with Gasteiger partial charge in [-0.25, -0.2) is 4.39 Å². The summed E-state index contributed by atoms with van der Waals surface area (Å²) in [5.41, 5.74) is 1.64. The van der Waals surface area contributed by atoms with Crippen LogP contribution >= 0.6 is 0 Å². The summed E-state index contributed by atoms with van der Waals surface area (Å²) in [5, 5.41) is 6.69. The van der Waals surface area contributed by atoms with Gasteiger partial charge in [-0.1, -0.05) is 11.2 Å². The number of nitrogens with zero attached hydrogens (tertiary/aromatic N) is 3. The number of likely N-dealkylation sites (N-methyl/N-ethyl adjacent to an activating group) is 1. The first-order valence-corrected chi connectivity index (χ1v) is 7.86. The fourth-order valence-electron chi connectivity index (χ4n) is 2.44. The second-order valence-corrected chi connectivity index (χ2v) is 5.81. The minimum Gasteiger partial charge on any atom is -0.339 e. The van der Waals surface area contributed by atoms with Gasteiger partial charge >= 0.3 is 0 Å². The van der Waals surface area contributed by atoms with Crippen molar-refractivity contribution < 1.29 is 13.7 Å². The van der Waals surface area contributed by atoms with Crippen molar-refractivity contribution in [2.75, 3.05) is 25.5 Å². The molecule has 0 fully saturated rings. The van der Waals surface area contributed by atoms with E-state index in [1.807, 2.05) is 0 Å². The van der Waals surface area contributed by atoms with Gasteiger partial charge in [-0.15, -0.1) is 0 Å². The van der Waals surface area contributed by atoms with Crippen LogP contribution in [0.15, 0.2) is 34.9 Å². The fraction of sp³-hybridized carbons (Fsp3) is 0.353. The summed E-state index contributed by atoms with van der Waals surface area (Å²) in [6.07, 6.45) is 3.58. The van der Waals surface area contributed by atoms with Gasteiger partial charge in [0.1, 0.15) is 5.82 Å². The lowest BCUT2D eigenvalue weighted by Crippen LogP contribution is -2.23. The topological polar surface area (TPSA) is 71.3 Å². The van der Waals surface area contributed by atoms with Crippen LogP contribution in [-0.4, -0.2) is 41.1 Å². The van der Waals surface area contributed by atoms with E-state index in [1.165, 1.54) is 24.3 Å². The molecular formula is C17H19FN4O2. The van der Waals surface area contributed by atoms with Crippen molar-refractivity contribution in [2.45, 2.75) is 19.3 Å². The van der Waals surface area contributed by atoms with Crippen LogP contribution in [0.1, 0.15) is 24.6 Å². The van der Waals surface area contributed by atoms with E-state index in [0.717, 1.165) is 25.1 Å². The van der Waals surface area contributed by atoms with Gasteiger partial charge in [0, 0.05) is 31.6 Å². The summed E-state index contributed by atoms with van der Waals surface area (Å²) >= 11 is 0. The van der Waals surface area contributed by atoms with Crippen LogP contribution in [-0.2, 0) is 11.2 Å². The quantitative estimate of drug-likeness (QED) is 0.912. The molecular weight excluding hydrogens is 311 g/mol. The molecule has 1 aromatic heterocycles. The largest absolute Gasteiger partial charge is 0.339 e. The standard InChI is InChI=1S/C17H19FN4O2/c1-22-10-8-12(9-11-22)17-20-16(24-21-17)7-6-15(23)19-14-4-2-13(18)3-5-14/h2-5,8H,6-7,9-11H2,1H3,(H,19,23). The molecule has 1 aliphatic rings. The Kier molecular flexibility index (Phi) is 5.00. The number of rotatable bonds is 5. The number of carbonyl (C=O) groups is 1. The molecule has 7 heteroatoms. The van der Waals surface area contributed by atoms with Crippen molar-refractivity contribution in [3.63, 3.8) is 0 Å². The Morgan fingerprint density at radius 3 is 2.88 bits per heavy atom. The second kappa shape index (κ2) is 7.35. The normalized spacial score (nSPS) is 15.2. The van der Waals surface area contributed by atoms with Crippen molar-refractivity contribution in [3.05, 3.63) is 47.9 Å². The van der Waals surface area contributed by atoms with Crippen molar-refractivity contribution in [1.82, 2.24) is 15.0 Å². The molecule has 3 rings (SSSR count). The van der Waals surface area contributed by atoms with Crippen molar-refractivity contribution in [2.24, 2.45) is 0 Å². The van der Waals surface area contributed by atoms with E-state index in [0.29, 0.717) is 23.8 Å². The summed E-state index contributed by atoms with van der Waals surface area (Å²) in [6, 6.07) is 5.64. The van der Waals surface area contributed by atoms with Crippen LogP contribution in [0.4, 0.5) is 10.1 Å². The number of nitrogens with one attached hydrogen (secondary N) is 1. The van der Waals surface area contributed by atoms with Gasteiger partial charge in [-0.2, -0.15) is 4.98 Å². The average Bonchev–Trinajstić information content (AvgIpc) is 3.05. The molecule has 126 valence electrons. The highest BCUT2D eigenvalue weighted by atomic mass is 19.1. The van der Waals surface area contributed by atoms with Crippen LogP contribution in [0.3, 0.4) is 0 Å². The first-order chi connectivity index (χ1) is 11.6. The molecule has 1 N–H and O–H groups in total. The number of aryl methyl sites for hydroxylation is 1. The van der Waals surface area contributed by atoms with Crippen LogP contribution in [0.5, 0.6) is 0 Å². The van der Waals surface area contributed by atoms with Crippen molar-refractivity contribution >= 4 is 17.2 Å². The van der Waals surface area contributed by atoms with E-state index < -0.39 is 0 Å². The third-order valence-corrected chi connectivity index (χ3v) is 3.86. The Bertz CT molecular complexity index is 739. The zero-order valence-electron chi connectivity index (χ0n) is 13.5. The molecule has 24 heavy (non-hydrogen) atoms. The first kappa shape index (κ1) is 16.3. The lowest BCUT2D eigenvalue weighted by atomic mass is 10.1. The Balaban J connectivity index is 1.52. The predicted molar refractivity (Wildman–Crippen MR) is 87.7 cm³/mol. The molecule has 6 nitrogen and oxygen atoms in total. The fourth-order valence-corrected chi connectivity index (χ4v) is 2.44. The summed E-state index contributed by atoms with van der Waals surface area (Å²) in [7, 11) is 2.06. The third kappa shape index (κ3) is 4.26. The smallest absolute Gasteiger partial charge is 0.227 e. The predicted octanol–water partition coefficient (Wildman–Crippen LogP) is 2.50. The average molecular weight is 330 g/mol. The summed E-state index contributed by atoms with van der Waals surface area (Å²) < 4.78 is 18.0. The van der Waals surface area contributed by atoms with Gasteiger partial charge in [-0.3, -0.25) is 4.79 Å². The Morgan fingerprint density at radius 1 is 1.38 bits per heavy atom. The maximum Gasteiger partial charge on any atom is 0.227 e. The number of anilines is 1. The van der Waals surface area contributed by atoms with E-state index in [9.17, 15) is 9.18 Å². The highest BCUT2D eigenvalue weighted by molar-refractivity contribution is 5.90. The SMILES string of the molecule is CN1CC=C(c2noc(CCC(=O)Nc3ccc(F)cc3)n2)CC1. The third-order valence-electron chi connectivity index (χ3n) is 3.86. The molecule has 0 unspecified atom stereocenters. The molecule has 0 bridgehead atoms. The Morgan fingerprint density at radius 2 is 2.17 bits per heavy atom. The number of aromatic nitrogens is 2. The van der Waals surface area contributed by atoms with Gasteiger partial charge in [0.05, 0.1) is 0 Å². The van der Waals surface area contributed by atoms with Gasteiger partial charge in [0.25, 0.3) is 0 Å². The first-order valence-electron chi connectivity index (χ1n) is 7.86. The van der Waals surface area contributed by atoms with E-state index in [4.69, 9.17) is 4.52 Å². The number of benzene rings is 1. The van der Waals surface area contributed by atoms with Crippen molar-refractivity contribution in [1.29, 1.82) is 0 Å². The van der Waals surface area contributed by atoms with Crippen LogP contribution < -0.4 is 5.32 Å². The number of hydrogen-bond acceptors (Lipinski definition) is 5. The van der Waals surface area contributed by atoms with E-state index in [-0.39, 0.29) is 18.1 Å². The second-order valence-electron chi connectivity index (χ2n) is 5.81. The monoisotopic (exact) mass is 330 g/mol. The molecule has 0 aliphatic carbocycles. The molecule has 0 saturated carbocycles. The lowest BCUT2D eigenvalue weighted by Gasteiger charge is -2.19. The Hall–Kier alpha value is -2.54. The number of hydrogen-bond donors (Lipinski definition) is 1. The Labute approximate surface area is 139 Å². The molecule has 1 aromatic carbocycles. The molecule has 2 aromatic rings. The number of halogens is 1. The molecule has 0 radical (unpaired) electrons. The summed E-state index contributed by atoms with van der Waals surface area (Å²) in [5.74, 6) is 0.533. The highest BCUT2D eigenvalue weighted by Gasteiger charge is 2.16. The summed E-state index contributed by atoms with van der Waals surface area (Å²) in [4.78, 5) is 18.5. The van der Waals surface area contributed by atoms with Crippen LogP contribution in [0, 0.1) is 5.82 Å². The molecule has 1 amide bonds. The highest BCUT2D eigenvalue weighted by Crippen LogP contribution is 2.19. The van der Waals surface area contributed by atoms with Gasteiger partial charge in [0.2, 0.25) is 11.8 Å². The molecule has 0 saturated heterocycles. The molecule has 2 heterocycles. The van der Waals surface area contributed by atoms with E-state index in [1.54, 1.807) is 0 Å². The minimum absolute atomic E-state index is 0.181. The van der Waals surface area contributed by atoms with E-state index >= 15 is 0 Å². The minimum atomic E-state index is -0.338. The van der Waals surface area contributed by atoms with E-state index in [2.05, 4.69) is 33.5 Å².